The average molecular weight is 423 g/mol. The van der Waals surface area contributed by atoms with Crippen molar-refractivity contribution in [3.8, 4) is 0 Å². The van der Waals surface area contributed by atoms with Crippen LogP contribution in [-0.4, -0.2) is 47.0 Å². The fraction of sp³-hybridized carbons (Fsp3) is 0.222. The van der Waals surface area contributed by atoms with Gasteiger partial charge in [0.2, 0.25) is 0 Å². The Morgan fingerprint density at radius 1 is 1.14 bits per heavy atom. The first-order chi connectivity index (χ1) is 13.3. The second-order valence-corrected chi connectivity index (χ2v) is 6.93. The molecule has 1 aliphatic rings. The lowest BCUT2D eigenvalue weighted by Crippen LogP contribution is -2.52. The minimum absolute atomic E-state index is 0.0583. The van der Waals surface area contributed by atoms with E-state index in [1.807, 2.05) is 9.80 Å². The number of nitrogens with one attached hydrogen (secondary N) is 1. The Labute approximate surface area is 170 Å². The molecule has 0 radical (unpaired) electrons. The fourth-order valence-electron chi connectivity index (χ4n) is 2.87. The van der Waals surface area contributed by atoms with Crippen molar-refractivity contribution in [2.45, 2.75) is 0 Å². The highest BCUT2D eigenvalue weighted by molar-refractivity contribution is 7.80. The number of benzene rings is 2. The summed E-state index contributed by atoms with van der Waals surface area (Å²) < 4.78 is 13.0. The lowest BCUT2D eigenvalue weighted by Gasteiger charge is -2.37. The van der Waals surface area contributed by atoms with E-state index in [1.54, 1.807) is 6.07 Å². The van der Waals surface area contributed by atoms with Crippen molar-refractivity contribution < 1.29 is 14.1 Å². The molecular weight excluding hydrogens is 407 g/mol. The second-order valence-electron chi connectivity index (χ2n) is 6.13. The normalized spacial score (nSPS) is 13.9. The Bertz CT molecular complexity index is 918. The van der Waals surface area contributed by atoms with Crippen molar-refractivity contribution in [3.05, 3.63) is 69.0 Å². The highest BCUT2D eigenvalue weighted by Crippen LogP contribution is 2.30. The van der Waals surface area contributed by atoms with Crippen molar-refractivity contribution in [1.82, 2.24) is 10.2 Å². The Morgan fingerprint density at radius 2 is 1.79 bits per heavy atom. The third-order valence-corrected chi connectivity index (χ3v) is 5.04. The Hall–Kier alpha value is -2.78. The van der Waals surface area contributed by atoms with Crippen LogP contribution in [0.3, 0.4) is 0 Å². The van der Waals surface area contributed by atoms with Crippen molar-refractivity contribution in [1.29, 1.82) is 0 Å². The molecule has 1 amide bonds. The predicted molar refractivity (Wildman–Crippen MR) is 108 cm³/mol. The van der Waals surface area contributed by atoms with Gasteiger partial charge in [-0.05, 0) is 42.5 Å². The molecule has 28 heavy (non-hydrogen) atoms. The van der Waals surface area contributed by atoms with E-state index in [4.69, 9.17) is 23.8 Å². The molecule has 7 nitrogen and oxygen atoms in total. The van der Waals surface area contributed by atoms with Gasteiger partial charge in [0.15, 0.2) is 5.11 Å². The number of nitro benzene ring substituents is 1. The zero-order chi connectivity index (χ0) is 20.3. The zero-order valence-corrected chi connectivity index (χ0v) is 16.2. The number of anilines is 1. The maximum absolute atomic E-state index is 13.0. The van der Waals surface area contributed by atoms with E-state index in [-0.39, 0.29) is 5.69 Å². The molecular formula is C18H16ClFN4O3S. The van der Waals surface area contributed by atoms with Crippen LogP contribution in [0.5, 0.6) is 0 Å². The highest BCUT2D eigenvalue weighted by atomic mass is 35.5. The molecule has 0 bridgehead atoms. The molecule has 1 fully saturated rings. The standard InChI is InChI=1S/C18H16ClFN4O3S/c19-15-11-14(24(26)27)5-6-16(15)22-7-9-23(10-8-22)18(28)21-17(25)12-1-3-13(20)4-2-12/h1-6,11H,7-10H2,(H,21,25,28). The zero-order valence-electron chi connectivity index (χ0n) is 14.6. The smallest absolute Gasteiger partial charge is 0.271 e. The van der Waals surface area contributed by atoms with Crippen LogP contribution >= 0.6 is 23.8 Å². The van der Waals surface area contributed by atoms with Gasteiger partial charge in [0.1, 0.15) is 5.82 Å². The highest BCUT2D eigenvalue weighted by Gasteiger charge is 2.22. The number of carbonyl (C=O) groups is 1. The summed E-state index contributed by atoms with van der Waals surface area (Å²) in [6, 6.07) is 9.58. The molecule has 2 aromatic rings. The molecule has 1 heterocycles. The van der Waals surface area contributed by atoms with Crippen molar-refractivity contribution in [2.24, 2.45) is 0 Å². The number of nitrogens with zero attached hydrogens (tertiary/aromatic N) is 3. The molecule has 3 rings (SSSR count). The summed E-state index contributed by atoms with van der Waals surface area (Å²) in [5, 5.41) is 14.1. The topological polar surface area (TPSA) is 78.7 Å². The van der Waals surface area contributed by atoms with Gasteiger partial charge in [-0.2, -0.15) is 0 Å². The first-order valence-corrected chi connectivity index (χ1v) is 9.18. The summed E-state index contributed by atoms with van der Waals surface area (Å²) >= 11 is 11.5. The second kappa shape index (κ2) is 8.49. The molecule has 0 saturated carbocycles. The molecule has 1 aliphatic heterocycles. The number of hydrogen-bond donors (Lipinski definition) is 1. The van der Waals surface area contributed by atoms with Gasteiger partial charge in [0.05, 0.1) is 15.6 Å². The Kier molecular flexibility index (Phi) is 6.05. The maximum atomic E-state index is 13.0. The number of nitro groups is 1. The van der Waals surface area contributed by atoms with Crippen LogP contribution < -0.4 is 10.2 Å². The molecule has 0 aliphatic carbocycles. The van der Waals surface area contributed by atoms with Gasteiger partial charge in [0.25, 0.3) is 11.6 Å². The van der Waals surface area contributed by atoms with E-state index >= 15 is 0 Å². The number of non-ortho nitro benzene ring substituents is 1. The summed E-state index contributed by atoms with van der Waals surface area (Å²) in [4.78, 5) is 26.4. The van der Waals surface area contributed by atoms with Crippen molar-refractivity contribution in [2.75, 3.05) is 31.1 Å². The summed E-state index contributed by atoms with van der Waals surface area (Å²) in [6.45, 7) is 2.28. The number of rotatable bonds is 3. The van der Waals surface area contributed by atoms with Crippen LogP contribution in [0.15, 0.2) is 42.5 Å². The molecule has 0 spiro atoms. The summed E-state index contributed by atoms with van der Waals surface area (Å²) in [7, 11) is 0. The molecule has 2 aromatic carbocycles. The monoisotopic (exact) mass is 422 g/mol. The molecule has 10 heteroatoms. The minimum Gasteiger partial charge on any atom is -0.367 e. The van der Waals surface area contributed by atoms with Crippen molar-refractivity contribution >= 4 is 46.2 Å². The fourth-order valence-corrected chi connectivity index (χ4v) is 3.44. The molecule has 1 N–H and O–H groups in total. The van der Waals surface area contributed by atoms with E-state index < -0.39 is 16.6 Å². The summed E-state index contributed by atoms with van der Waals surface area (Å²) in [5.41, 5.74) is 0.977. The number of hydrogen-bond acceptors (Lipinski definition) is 5. The van der Waals surface area contributed by atoms with Crippen LogP contribution in [0.25, 0.3) is 0 Å². The van der Waals surface area contributed by atoms with Crippen molar-refractivity contribution in [3.63, 3.8) is 0 Å². The predicted octanol–water partition coefficient (Wildman–Crippen LogP) is 3.22. The molecule has 0 aromatic heterocycles. The first kappa shape index (κ1) is 20.0. The van der Waals surface area contributed by atoms with Crippen LogP contribution in [-0.2, 0) is 0 Å². The molecule has 0 atom stereocenters. The quantitative estimate of drug-likeness (QED) is 0.465. The minimum atomic E-state index is -0.490. The van der Waals surface area contributed by atoms with E-state index in [9.17, 15) is 19.3 Å². The van der Waals surface area contributed by atoms with Crippen LogP contribution in [0.1, 0.15) is 10.4 Å². The lowest BCUT2D eigenvalue weighted by molar-refractivity contribution is -0.384. The van der Waals surface area contributed by atoms with E-state index in [2.05, 4.69) is 5.32 Å². The third kappa shape index (κ3) is 4.55. The SMILES string of the molecule is O=C(NC(=S)N1CCN(c2ccc([N+](=O)[O-])cc2Cl)CC1)c1ccc(F)cc1. The van der Waals surface area contributed by atoms with Gasteiger partial charge in [-0.15, -0.1) is 0 Å². The lowest BCUT2D eigenvalue weighted by atomic mass is 10.2. The maximum Gasteiger partial charge on any atom is 0.271 e. The molecule has 0 unspecified atom stereocenters. The molecule has 146 valence electrons. The van der Waals surface area contributed by atoms with E-state index in [0.29, 0.717) is 47.6 Å². The van der Waals surface area contributed by atoms with Crippen LogP contribution in [0, 0.1) is 15.9 Å². The average Bonchev–Trinajstić information content (AvgIpc) is 2.68. The van der Waals surface area contributed by atoms with Gasteiger partial charge in [-0.1, -0.05) is 11.6 Å². The largest absolute Gasteiger partial charge is 0.367 e. The Morgan fingerprint density at radius 3 is 2.36 bits per heavy atom. The van der Waals surface area contributed by atoms with E-state index in [0.717, 1.165) is 0 Å². The first-order valence-electron chi connectivity index (χ1n) is 8.40. The number of halogens is 2. The van der Waals surface area contributed by atoms with Crippen LogP contribution in [0.4, 0.5) is 15.8 Å². The number of amides is 1. The molecule has 1 saturated heterocycles. The number of carbonyl (C=O) groups excluding carboxylic acids is 1. The third-order valence-electron chi connectivity index (χ3n) is 4.38. The van der Waals surface area contributed by atoms with Gasteiger partial charge < -0.3 is 9.80 Å². The van der Waals surface area contributed by atoms with Crippen LogP contribution in [0.2, 0.25) is 5.02 Å². The van der Waals surface area contributed by atoms with Gasteiger partial charge in [-0.25, -0.2) is 4.39 Å². The summed E-state index contributed by atoms with van der Waals surface area (Å²) in [5.74, 6) is -0.814. The number of piperazine rings is 1. The summed E-state index contributed by atoms with van der Waals surface area (Å²) in [6.07, 6.45) is 0. The van der Waals surface area contributed by atoms with Gasteiger partial charge >= 0.3 is 0 Å². The number of thiocarbonyl (C=S) groups is 1. The Balaban J connectivity index is 1.57. The van der Waals surface area contributed by atoms with Gasteiger partial charge in [0, 0.05) is 43.9 Å². The van der Waals surface area contributed by atoms with Gasteiger partial charge in [-0.3, -0.25) is 20.2 Å². The van der Waals surface area contributed by atoms with E-state index in [1.165, 1.54) is 36.4 Å².